The first-order valence-electron chi connectivity index (χ1n) is 8.74. The number of benzene rings is 2. The fraction of sp³-hybridized carbons (Fsp3) is 0.0952. The molecule has 152 valence electrons. The summed E-state index contributed by atoms with van der Waals surface area (Å²) in [4.78, 5) is 21.5. The van der Waals surface area contributed by atoms with Crippen LogP contribution in [0.15, 0.2) is 70.1 Å². The summed E-state index contributed by atoms with van der Waals surface area (Å²) in [5, 5.41) is 3.70. The van der Waals surface area contributed by atoms with Gasteiger partial charge in [-0.3, -0.25) is 9.78 Å². The molecule has 0 saturated carbocycles. The van der Waals surface area contributed by atoms with Gasteiger partial charge in [0.25, 0.3) is 5.91 Å². The molecule has 2 aromatic heterocycles. The highest BCUT2D eigenvalue weighted by molar-refractivity contribution is 9.11. The van der Waals surface area contributed by atoms with E-state index < -0.39 is 17.8 Å². The Balaban J connectivity index is 1.68. The van der Waals surface area contributed by atoms with E-state index in [9.17, 15) is 18.0 Å². The molecule has 4 rings (SSSR count). The minimum atomic E-state index is -4.43. The number of hydrogen-bond acceptors (Lipinski definition) is 4. The summed E-state index contributed by atoms with van der Waals surface area (Å²) < 4.78 is 39.5. The molecule has 0 bridgehead atoms. The number of fused-ring (bicyclic) bond motifs is 1. The van der Waals surface area contributed by atoms with Crippen LogP contribution in [-0.2, 0) is 6.18 Å². The van der Waals surface area contributed by atoms with Crippen molar-refractivity contribution in [3.8, 4) is 0 Å². The zero-order valence-corrected chi connectivity index (χ0v) is 17.6. The van der Waals surface area contributed by atoms with Crippen LogP contribution in [-0.4, -0.2) is 15.9 Å². The lowest BCUT2D eigenvalue weighted by Crippen LogP contribution is -2.29. The van der Waals surface area contributed by atoms with Gasteiger partial charge >= 0.3 is 6.18 Å². The zero-order chi connectivity index (χ0) is 21.3. The summed E-state index contributed by atoms with van der Waals surface area (Å²) in [5.41, 5.74) is 3.04. The van der Waals surface area contributed by atoms with Crippen LogP contribution in [0.2, 0.25) is 0 Å². The minimum absolute atomic E-state index is 0.370. The number of nitrogens with one attached hydrogen (secondary N) is 1. The SMILES string of the molecule is O=C(NC(c1ccc(C(F)(F)F)cc1)c1ncsc1Br)c1ccc2ncccc2c1. The third kappa shape index (κ3) is 4.22. The van der Waals surface area contributed by atoms with Gasteiger partial charge < -0.3 is 5.32 Å². The van der Waals surface area contributed by atoms with Crippen molar-refractivity contribution in [2.75, 3.05) is 0 Å². The van der Waals surface area contributed by atoms with E-state index in [1.54, 1.807) is 36.0 Å². The molecule has 0 aliphatic carbocycles. The molecule has 2 aromatic carbocycles. The van der Waals surface area contributed by atoms with E-state index in [1.807, 2.05) is 6.07 Å². The number of hydrogen-bond donors (Lipinski definition) is 1. The predicted octanol–water partition coefficient (Wildman–Crippen LogP) is 5.99. The third-order valence-electron chi connectivity index (χ3n) is 4.53. The summed E-state index contributed by atoms with van der Waals surface area (Å²) in [6, 6.07) is 12.7. The van der Waals surface area contributed by atoms with Crippen molar-refractivity contribution in [3.63, 3.8) is 0 Å². The third-order valence-corrected chi connectivity index (χ3v) is 6.13. The molecule has 1 atom stereocenters. The number of amides is 1. The topological polar surface area (TPSA) is 54.9 Å². The fourth-order valence-corrected chi connectivity index (χ4v) is 4.17. The number of alkyl halides is 3. The van der Waals surface area contributed by atoms with E-state index in [2.05, 4.69) is 31.2 Å². The maximum absolute atomic E-state index is 13.0. The Morgan fingerprint density at radius 3 is 2.50 bits per heavy atom. The first-order chi connectivity index (χ1) is 14.3. The van der Waals surface area contributed by atoms with Gasteiger partial charge in [-0.1, -0.05) is 18.2 Å². The molecule has 0 spiro atoms. The molecule has 0 saturated heterocycles. The molecule has 0 aliphatic heterocycles. The molecule has 0 radical (unpaired) electrons. The second-order valence-electron chi connectivity index (χ2n) is 6.45. The van der Waals surface area contributed by atoms with Crippen LogP contribution in [0.25, 0.3) is 10.9 Å². The molecular formula is C21H13BrF3N3OS. The molecule has 0 fully saturated rings. The monoisotopic (exact) mass is 491 g/mol. The van der Waals surface area contributed by atoms with Gasteiger partial charge in [-0.25, -0.2) is 4.98 Å². The summed E-state index contributed by atoms with van der Waals surface area (Å²) in [6.45, 7) is 0. The fourth-order valence-electron chi connectivity index (χ4n) is 3.03. The summed E-state index contributed by atoms with van der Waals surface area (Å²) in [7, 11) is 0. The maximum atomic E-state index is 13.0. The first kappa shape index (κ1) is 20.5. The Hall–Kier alpha value is -2.78. The Bertz CT molecular complexity index is 1210. The average molecular weight is 492 g/mol. The molecule has 9 heteroatoms. The van der Waals surface area contributed by atoms with Gasteiger partial charge in [0.2, 0.25) is 0 Å². The van der Waals surface area contributed by atoms with Crippen LogP contribution in [0.1, 0.15) is 33.2 Å². The Morgan fingerprint density at radius 1 is 1.07 bits per heavy atom. The average Bonchev–Trinajstić information content (AvgIpc) is 3.16. The number of aromatic nitrogens is 2. The molecule has 1 N–H and O–H groups in total. The number of halogens is 4. The molecule has 1 amide bonds. The summed E-state index contributed by atoms with van der Waals surface area (Å²) >= 11 is 4.73. The van der Waals surface area contributed by atoms with Crippen molar-refractivity contribution in [2.45, 2.75) is 12.2 Å². The normalized spacial score (nSPS) is 12.7. The van der Waals surface area contributed by atoms with Crippen molar-refractivity contribution in [1.29, 1.82) is 0 Å². The Labute approximate surface area is 181 Å². The smallest absolute Gasteiger partial charge is 0.339 e. The largest absolute Gasteiger partial charge is 0.416 e. The van der Waals surface area contributed by atoms with E-state index in [1.165, 1.54) is 23.5 Å². The predicted molar refractivity (Wildman–Crippen MR) is 112 cm³/mol. The van der Waals surface area contributed by atoms with Gasteiger partial charge in [0.1, 0.15) is 0 Å². The van der Waals surface area contributed by atoms with E-state index >= 15 is 0 Å². The lowest BCUT2D eigenvalue weighted by molar-refractivity contribution is -0.137. The molecule has 2 heterocycles. The maximum Gasteiger partial charge on any atom is 0.416 e. The molecule has 0 aliphatic rings. The van der Waals surface area contributed by atoms with Crippen LogP contribution >= 0.6 is 27.3 Å². The van der Waals surface area contributed by atoms with E-state index in [4.69, 9.17) is 0 Å². The van der Waals surface area contributed by atoms with Crippen LogP contribution in [0.5, 0.6) is 0 Å². The van der Waals surface area contributed by atoms with E-state index in [-0.39, 0.29) is 5.91 Å². The van der Waals surface area contributed by atoms with Gasteiger partial charge in [0.15, 0.2) is 0 Å². The van der Waals surface area contributed by atoms with Crippen LogP contribution < -0.4 is 5.32 Å². The standard InChI is InChI=1S/C21H13BrF3N3OS/c22-19-18(27-11-30-19)17(12-3-6-15(7-4-12)21(23,24)25)28-20(29)14-5-8-16-13(10-14)2-1-9-26-16/h1-11,17H,(H,28,29). The van der Waals surface area contributed by atoms with Crippen molar-refractivity contribution in [1.82, 2.24) is 15.3 Å². The summed E-state index contributed by atoms with van der Waals surface area (Å²) in [5.74, 6) is -0.370. The second-order valence-corrected chi connectivity index (χ2v) is 8.62. The minimum Gasteiger partial charge on any atom is -0.339 e. The lowest BCUT2D eigenvalue weighted by atomic mass is 10.0. The van der Waals surface area contributed by atoms with Gasteiger partial charge in [-0.15, -0.1) is 11.3 Å². The number of nitrogens with zero attached hydrogens (tertiary/aromatic N) is 2. The first-order valence-corrected chi connectivity index (χ1v) is 10.4. The molecule has 30 heavy (non-hydrogen) atoms. The highest BCUT2D eigenvalue weighted by Gasteiger charge is 2.31. The highest BCUT2D eigenvalue weighted by Crippen LogP contribution is 2.34. The molecular weight excluding hydrogens is 479 g/mol. The molecule has 1 unspecified atom stereocenters. The zero-order valence-electron chi connectivity index (χ0n) is 15.2. The number of carbonyl (C=O) groups is 1. The summed E-state index contributed by atoms with van der Waals surface area (Å²) in [6.07, 6.45) is -2.76. The highest BCUT2D eigenvalue weighted by atomic mass is 79.9. The number of pyridine rings is 1. The van der Waals surface area contributed by atoms with Crippen molar-refractivity contribution >= 4 is 44.1 Å². The number of carbonyl (C=O) groups excluding carboxylic acids is 1. The van der Waals surface area contributed by atoms with Crippen molar-refractivity contribution < 1.29 is 18.0 Å². The van der Waals surface area contributed by atoms with Gasteiger partial charge in [0, 0.05) is 17.1 Å². The van der Waals surface area contributed by atoms with Crippen LogP contribution in [0.4, 0.5) is 13.2 Å². The van der Waals surface area contributed by atoms with Crippen molar-refractivity contribution in [2.24, 2.45) is 0 Å². The van der Waals surface area contributed by atoms with Gasteiger partial charge in [-0.05, 0) is 57.9 Å². The Kier molecular flexibility index (Phi) is 5.57. The lowest BCUT2D eigenvalue weighted by Gasteiger charge is -2.19. The quantitative estimate of drug-likeness (QED) is 0.381. The van der Waals surface area contributed by atoms with E-state index in [0.29, 0.717) is 20.6 Å². The van der Waals surface area contributed by atoms with Crippen LogP contribution in [0, 0.1) is 0 Å². The Morgan fingerprint density at radius 2 is 1.83 bits per heavy atom. The van der Waals surface area contributed by atoms with E-state index in [0.717, 1.165) is 23.0 Å². The number of thiazole rings is 1. The second kappa shape index (κ2) is 8.16. The van der Waals surface area contributed by atoms with Gasteiger partial charge in [0.05, 0.1) is 32.1 Å². The van der Waals surface area contributed by atoms with Crippen molar-refractivity contribution in [3.05, 3.63) is 92.5 Å². The van der Waals surface area contributed by atoms with Crippen LogP contribution in [0.3, 0.4) is 0 Å². The van der Waals surface area contributed by atoms with Gasteiger partial charge in [-0.2, -0.15) is 13.2 Å². The molecule has 4 nitrogen and oxygen atoms in total. The number of rotatable bonds is 4. The molecule has 4 aromatic rings.